The molecule has 2 heterocycles. The Labute approximate surface area is 131 Å². The van der Waals surface area contributed by atoms with Crippen LogP contribution in [0.15, 0.2) is 46.3 Å². The minimum absolute atomic E-state index is 0.219. The molecule has 0 radical (unpaired) electrons. The van der Waals surface area contributed by atoms with Gasteiger partial charge in [0.2, 0.25) is 0 Å². The second-order valence-electron chi connectivity index (χ2n) is 4.99. The number of hydrogen-bond donors (Lipinski definition) is 2. The Morgan fingerprint density at radius 3 is 2.73 bits per heavy atom. The van der Waals surface area contributed by atoms with Gasteiger partial charge in [-0.25, -0.2) is 9.97 Å². The summed E-state index contributed by atoms with van der Waals surface area (Å²) < 4.78 is 1.96. The predicted molar refractivity (Wildman–Crippen MR) is 89.6 cm³/mol. The summed E-state index contributed by atoms with van der Waals surface area (Å²) in [6.45, 7) is 0. The second kappa shape index (κ2) is 5.78. The molecule has 112 valence electrons. The minimum Gasteiger partial charge on any atom is -0.383 e. The summed E-state index contributed by atoms with van der Waals surface area (Å²) in [5, 5.41) is 0. The molecule has 7 heteroatoms. The first kappa shape index (κ1) is 14.6. The van der Waals surface area contributed by atoms with Gasteiger partial charge in [-0.1, -0.05) is 6.07 Å². The molecule has 6 nitrogen and oxygen atoms in total. The maximum absolute atomic E-state index is 11.4. The van der Waals surface area contributed by atoms with E-state index in [9.17, 15) is 4.79 Å². The number of fused-ring (bicyclic) bond motifs is 1. The third-order valence-corrected chi connectivity index (χ3v) is 3.96. The van der Waals surface area contributed by atoms with Crippen molar-refractivity contribution in [3.05, 3.63) is 47.0 Å². The van der Waals surface area contributed by atoms with Gasteiger partial charge in [-0.15, -0.1) is 0 Å². The van der Waals surface area contributed by atoms with Crippen molar-refractivity contribution < 1.29 is 0 Å². The van der Waals surface area contributed by atoms with E-state index >= 15 is 0 Å². The van der Waals surface area contributed by atoms with E-state index in [2.05, 4.69) is 15.0 Å². The summed E-state index contributed by atoms with van der Waals surface area (Å²) in [5.41, 5.74) is 9.02. The number of aromatic nitrogens is 3. The van der Waals surface area contributed by atoms with E-state index in [1.807, 2.05) is 42.7 Å². The molecule has 0 saturated carbocycles. The van der Waals surface area contributed by atoms with Crippen LogP contribution in [0.25, 0.3) is 22.2 Å². The number of nitrogen functional groups attached to an aromatic ring is 1. The van der Waals surface area contributed by atoms with Gasteiger partial charge < -0.3 is 10.7 Å². The molecule has 3 aromatic rings. The van der Waals surface area contributed by atoms with E-state index in [0.717, 1.165) is 21.5 Å². The molecule has 22 heavy (non-hydrogen) atoms. The quantitative estimate of drug-likeness (QED) is 0.720. The topological polar surface area (TPSA) is 87.9 Å². The van der Waals surface area contributed by atoms with Crippen LogP contribution in [0, 0.1) is 0 Å². The normalized spacial score (nSPS) is 11.2. The lowest BCUT2D eigenvalue weighted by Gasteiger charge is -2.12. The van der Waals surface area contributed by atoms with Crippen LogP contribution in [-0.4, -0.2) is 33.4 Å². The van der Waals surface area contributed by atoms with Crippen molar-refractivity contribution in [2.75, 3.05) is 19.8 Å². The number of hydrogen-bond acceptors (Lipinski definition) is 6. The van der Waals surface area contributed by atoms with Gasteiger partial charge in [0, 0.05) is 11.8 Å². The van der Waals surface area contributed by atoms with Crippen LogP contribution >= 0.6 is 11.9 Å². The Hall–Kier alpha value is -2.38. The number of pyridine rings is 1. The zero-order valence-electron chi connectivity index (χ0n) is 12.2. The Morgan fingerprint density at radius 2 is 1.95 bits per heavy atom. The molecular weight excluding hydrogens is 298 g/mol. The van der Waals surface area contributed by atoms with Crippen molar-refractivity contribution in [3.63, 3.8) is 0 Å². The van der Waals surface area contributed by atoms with Crippen LogP contribution in [0.5, 0.6) is 0 Å². The smallest absolute Gasteiger partial charge is 0.266 e. The van der Waals surface area contributed by atoms with E-state index in [0.29, 0.717) is 11.3 Å². The SMILES string of the molecule is CN(C)Sc1cc(-c2ccc3ncc(=O)[nH]c3c2)cnc1N. The molecule has 2 aromatic heterocycles. The molecule has 0 amide bonds. The van der Waals surface area contributed by atoms with Crippen molar-refractivity contribution >= 4 is 28.8 Å². The lowest BCUT2D eigenvalue weighted by Crippen LogP contribution is -2.04. The number of benzene rings is 1. The molecule has 0 spiro atoms. The van der Waals surface area contributed by atoms with Crippen LogP contribution in [0.3, 0.4) is 0 Å². The molecule has 0 bridgehead atoms. The highest BCUT2D eigenvalue weighted by atomic mass is 32.2. The van der Waals surface area contributed by atoms with Gasteiger partial charge in [0.25, 0.3) is 5.56 Å². The van der Waals surface area contributed by atoms with Crippen LogP contribution in [0.4, 0.5) is 5.82 Å². The number of nitrogens with one attached hydrogen (secondary N) is 1. The third-order valence-electron chi connectivity index (χ3n) is 3.07. The molecule has 0 aliphatic heterocycles. The summed E-state index contributed by atoms with van der Waals surface area (Å²) in [7, 11) is 3.90. The average Bonchev–Trinajstić information content (AvgIpc) is 2.48. The van der Waals surface area contributed by atoms with Crippen molar-refractivity contribution in [1.29, 1.82) is 0 Å². The first-order valence-electron chi connectivity index (χ1n) is 6.63. The van der Waals surface area contributed by atoms with E-state index < -0.39 is 0 Å². The number of H-pyrrole nitrogens is 1. The maximum Gasteiger partial charge on any atom is 0.266 e. The lowest BCUT2D eigenvalue weighted by molar-refractivity contribution is 0.702. The van der Waals surface area contributed by atoms with Gasteiger partial charge in [-0.2, -0.15) is 0 Å². The summed E-state index contributed by atoms with van der Waals surface area (Å²) in [6.07, 6.45) is 3.00. The summed E-state index contributed by atoms with van der Waals surface area (Å²) in [6, 6.07) is 7.70. The van der Waals surface area contributed by atoms with Crippen LogP contribution < -0.4 is 11.3 Å². The molecule has 0 fully saturated rings. The number of anilines is 1. The summed E-state index contributed by atoms with van der Waals surface area (Å²) >= 11 is 1.52. The maximum atomic E-state index is 11.4. The molecule has 1 aromatic carbocycles. The summed E-state index contributed by atoms with van der Waals surface area (Å²) in [5.74, 6) is 0.498. The Bertz CT molecular complexity index is 890. The first-order chi connectivity index (χ1) is 10.5. The number of nitrogens with two attached hydrogens (primary N) is 1. The van der Waals surface area contributed by atoms with Gasteiger partial charge in [-0.05, 0) is 49.8 Å². The Kier molecular flexibility index (Phi) is 3.82. The Balaban J connectivity index is 2.08. The zero-order valence-corrected chi connectivity index (χ0v) is 13.0. The highest BCUT2D eigenvalue weighted by molar-refractivity contribution is 7.97. The van der Waals surface area contributed by atoms with Gasteiger partial charge in [0.1, 0.15) is 5.82 Å². The fourth-order valence-corrected chi connectivity index (χ4v) is 2.82. The van der Waals surface area contributed by atoms with Crippen molar-refractivity contribution in [1.82, 2.24) is 19.3 Å². The predicted octanol–water partition coefficient (Wildman–Crippen LogP) is 2.14. The number of aromatic amines is 1. The molecule has 3 rings (SSSR count). The molecular formula is C15H15N5OS. The van der Waals surface area contributed by atoms with E-state index in [4.69, 9.17) is 5.73 Å². The van der Waals surface area contributed by atoms with Gasteiger partial charge in [0.15, 0.2) is 0 Å². The molecule has 0 aliphatic rings. The van der Waals surface area contributed by atoms with Crippen molar-refractivity contribution in [3.8, 4) is 11.1 Å². The largest absolute Gasteiger partial charge is 0.383 e. The molecule has 3 N–H and O–H groups in total. The lowest BCUT2D eigenvalue weighted by atomic mass is 10.1. The fraction of sp³-hybridized carbons (Fsp3) is 0.133. The molecule has 0 atom stereocenters. The fourth-order valence-electron chi connectivity index (χ4n) is 2.10. The van der Waals surface area contributed by atoms with Gasteiger partial charge in [-0.3, -0.25) is 9.10 Å². The monoisotopic (exact) mass is 313 g/mol. The van der Waals surface area contributed by atoms with Gasteiger partial charge >= 0.3 is 0 Å². The third kappa shape index (κ3) is 2.95. The van der Waals surface area contributed by atoms with Crippen LogP contribution in [0.2, 0.25) is 0 Å². The average molecular weight is 313 g/mol. The molecule has 0 saturated heterocycles. The second-order valence-corrected chi connectivity index (χ2v) is 6.34. The zero-order chi connectivity index (χ0) is 15.7. The minimum atomic E-state index is -0.219. The van der Waals surface area contributed by atoms with Crippen LogP contribution in [-0.2, 0) is 0 Å². The van der Waals surface area contributed by atoms with Gasteiger partial charge in [0.05, 0.1) is 22.1 Å². The Morgan fingerprint density at radius 1 is 1.14 bits per heavy atom. The first-order valence-corrected chi connectivity index (χ1v) is 7.40. The van der Waals surface area contributed by atoms with Crippen LogP contribution in [0.1, 0.15) is 0 Å². The number of rotatable bonds is 3. The van der Waals surface area contributed by atoms with Crippen molar-refractivity contribution in [2.45, 2.75) is 4.90 Å². The van der Waals surface area contributed by atoms with E-state index in [1.165, 1.54) is 18.1 Å². The summed E-state index contributed by atoms with van der Waals surface area (Å²) in [4.78, 5) is 23.4. The molecule has 0 unspecified atom stereocenters. The van der Waals surface area contributed by atoms with Crippen molar-refractivity contribution in [2.24, 2.45) is 0 Å². The standard InChI is InChI=1S/C15H15N5OS/c1-20(2)22-13-6-10(7-18-15(13)16)9-3-4-11-12(5-9)19-14(21)8-17-11/h3-8H,1-2H3,(H2,16,18)(H,19,21). The highest BCUT2D eigenvalue weighted by Crippen LogP contribution is 2.30. The molecule has 0 aliphatic carbocycles. The number of nitrogens with zero attached hydrogens (tertiary/aromatic N) is 3. The van der Waals surface area contributed by atoms with E-state index in [-0.39, 0.29) is 5.56 Å². The van der Waals surface area contributed by atoms with E-state index in [1.54, 1.807) is 6.20 Å². The highest BCUT2D eigenvalue weighted by Gasteiger charge is 2.08.